The molecule has 0 unspecified atom stereocenters. The van der Waals surface area contributed by atoms with Gasteiger partial charge < -0.3 is 10.6 Å². The van der Waals surface area contributed by atoms with Crippen LogP contribution in [0.5, 0.6) is 0 Å². The minimum absolute atomic E-state index is 0.345. The number of hydrogen-bond donors (Lipinski definition) is 1. The zero-order valence-corrected chi connectivity index (χ0v) is 16.0. The molecular weight excluding hydrogens is 358 g/mol. The fraction of sp³-hybridized carbons (Fsp3) is 0.474. The van der Waals surface area contributed by atoms with Crippen molar-refractivity contribution in [2.45, 2.75) is 48.1 Å². The molecule has 1 saturated heterocycles. The first kappa shape index (κ1) is 16.9. The lowest BCUT2D eigenvalue weighted by atomic mass is 9.74. The van der Waals surface area contributed by atoms with Crippen LogP contribution in [-0.4, -0.2) is 43.7 Å². The van der Waals surface area contributed by atoms with Crippen molar-refractivity contribution in [3.8, 4) is 0 Å². The Morgan fingerprint density at radius 3 is 2.78 bits per heavy atom. The maximum atomic E-state index is 6.43. The lowest BCUT2D eigenvalue weighted by molar-refractivity contribution is 0.197. The molecule has 3 aromatic heterocycles. The largest absolute Gasteiger partial charge is 0.342 e. The van der Waals surface area contributed by atoms with E-state index in [9.17, 15) is 0 Å². The second-order valence-electron chi connectivity index (χ2n) is 7.57. The maximum Gasteiger partial charge on any atom is 0.212 e. The Labute approximate surface area is 162 Å². The fourth-order valence-corrected chi connectivity index (χ4v) is 5.37. The standard InChI is InChI=1S/C19H23N7S/c20-15-4-3-6-19(15)7-10-25(11-8-19)18-22-12-14(17-24-23-13-26(17)18)27-16-5-1-2-9-21-16/h1-2,5,9,12-13,15H,3-4,6-8,10-11,20H2/t15-/m1/s1. The van der Waals surface area contributed by atoms with Crippen molar-refractivity contribution in [2.75, 3.05) is 18.0 Å². The molecule has 2 fully saturated rings. The molecule has 8 heteroatoms. The van der Waals surface area contributed by atoms with Gasteiger partial charge in [-0.3, -0.25) is 0 Å². The fourth-order valence-electron chi connectivity index (χ4n) is 4.55. The Hall–Kier alpha value is -2.19. The number of pyridine rings is 1. The van der Waals surface area contributed by atoms with Crippen molar-refractivity contribution in [3.63, 3.8) is 0 Å². The van der Waals surface area contributed by atoms with E-state index >= 15 is 0 Å². The van der Waals surface area contributed by atoms with Crippen molar-refractivity contribution in [1.82, 2.24) is 24.6 Å². The summed E-state index contributed by atoms with van der Waals surface area (Å²) >= 11 is 1.56. The number of piperidine rings is 1. The normalized spacial score (nSPS) is 22.0. The predicted octanol–water partition coefficient (Wildman–Crippen LogP) is 2.77. The van der Waals surface area contributed by atoms with Crippen molar-refractivity contribution < 1.29 is 0 Å². The molecular formula is C19H23N7S. The van der Waals surface area contributed by atoms with Gasteiger partial charge in [0.2, 0.25) is 5.95 Å². The number of fused-ring (bicyclic) bond motifs is 1. The van der Waals surface area contributed by atoms with Crippen molar-refractivity contribution in [1.29, 1.82) is 0 Å². The number of aromatic nitrogens is 5. The monoisotopic (exact) mass is 381 g/mol. The van der Waals surface area contributed by atoms with Gasteiger partial charge in [-0.1, -0.05) is 24.2 Å². The first-order chi connectivity index (χ1) is 13.3. The summed E-state index contributed by atoms with van der Waals surface area (Å²) in [4.78, 5) is 12.5. The number of nitrogens with two attached hydrogens (primary N) is 1. The van der Waals surface area contributed by atoms with E-state index < -0.39 is 0 Å². The molecule has 2 aliphatic rings. The van der Waals surface area contributed by atoms with Crippen LogP contribution in [-0.2, 0) is 0 Å². The Morgan fingerprint density at radius 1 is 1.15 bits per heavy atom. The summed E-state index contributed by atoms with van der Waals surface area (Å²) in [7, 11) is 0. The van der Waals surface area contributed by atoms with Gasteiger partial charge in [0.25, 0.3) is 0 Å². The predicted molar refractivity (Wildman–Crippen MR) is 105 cm³/mol. The Bertz CT molecular complexity index is 934. The summed E-state index contributed by atoms with van der Waals surface area (Å²) in [5.74, 6) is 0.918. The lowest BCUT2D eigenvalue weighted by Crippen LogP contribution is -2.47. The molecule has 0 amide bonds. The molecule has 0 bridgehead atoms. The molecule has 1 aliphatic heterocycles. The SMILES string of the molecule is N[C@@H]1CCCC12CCN(c1ncc(Sc3ccccn3)c3nncn13)CC2. The second kappa shape index (κ2) is 6.76. The van der Waals surface area contributed by atoms with E-state index in [2.05, 4.69) is 20.1 Å². The van der Waals surface area contributed by atoms with E-state index in [1.807, 2.05) is 28.8 Å². The van der Waals surface area contributed by atoms with Gasteiger partial charge in [-0.2, -0.15) is 0 Å². The van der Waals surface area contributed by atoms with E-state index in [0.29, 0.717) is 11.5 Å². The molecule has 0 radical (unpaired) electrons. The van der Waals surface area contributed by atoms with Crippen molar-refractivity contribution in [2.24, 2.45) is 11.1 Å². The van der Waals surface area contributed by atoms with E-state index in [-0.39, 0.29) is 0 Å². The van der Waals surface area contributed by atoms with Crippen molar-refractivity contribution in [3.05, 3.63) is 36.9 Å². The number of rotatable bonds is 3. The van der Waals surface area contributed by atoms with Gasteiger partial charge in [0.05, 0.1) is 4.90 Å². The minimum atomic E-state index is 0.345. The highest BCUT2D eigenvalue weighted by atomic mass is 32.2. The molecule has 1 atom stereocenters. The summed E-state index contributed by atoms with van der Waals surface area (Å²) < 4.78 is 2.00. The molecule has 7 nitrogen and oxygen atoms in total. The van der Waals surface area contributed by atoms with Gasteiger partial charge in [-0.05, 0) is 43.2 Å². The molecule has 1 aliphatic carbocycles. The van der Waals surface area contributed by atoms with Gasteiger partial charge in [0.15, 0.2) is 5.65 Å². The quantitative estimate of drug-likeness (QED) is 0.746. The van der Waals surface area contributed by atoms with Gasteiger partial charge in [-0.15, -0.1) is 10.2 Å². The second-order valence-corrected chi connectivity index (χ2v) is 8.63. The summed E-state index contributed by atoms with van der Waals surface area (Å²) in [6.45, 7) is 1.97. The lowest BCUT2D eigenvalue weighted by Gasteiger charge is -2.42. The molecule has 27 heavy (non-hydrogen) atoms. The summed E-state index contributed by atoms with van der Waals surface area (Å²) in [6.07, 6.45) is 11.4. The van der Waals surface area contributed by atoms with Crippen LogP contribution in [0.2, 0.25) is 0 Å². The zero-order chi connectivity index (χ0) is 18.3. The van der Waals surface area contributed by atoms with Crippen LogP contribution >= 0.6 is 11.8 Å². The van der Waals surface area contributed by atoms with Gasteiger partial charge in [0.1, 0.15) is 11.4 Å². The molecule has 1 saturated carbocycles. The summed E-state index contributed by atoms with van der Waals surface area (Å²) in [6, 6.07) is 6.24. The third-order valence-corrected chi connectivity index (χ3v) is 7.11. The van der Waals surface area contributed by atoms with Crippen LogP contribution in [0.4, 0.5) is 5.95 Å². The van der Waals surface area contributed by atoms with E-state index in [0.717, 1.165) is 47.4 Å². The molecule has 5 rings (SSSR count). The van der Waals surface area contributed by atoms with Crippen LogP contribution in [0.15, 0.2) is 46.8 Å². The third kappa shape index (κ3) is 2.96. The highest BCUT2D eigenvalue weighted by Gasteiger charge is 2.43. The number of nitrogens with zero attached hydrogens (tertiary/aromatic N) is 6. The van der Waals surface area contributed by atoms with Crippen molar-refractivity contribution >= 4 is 23.4 Å². The van der Waals surface area contributed by atoms with E-state index in [4.69, 9.17) is 10.7 Å². The number of hydrogen-bond acceptors (Lipinski definition) is 7. The van der Waals surface area contributed by atoms with Crippen LogP contribution in [0.25, 0.3) is 5.65 Å². The summed E-state index contributed by atoms with van der Waals surface area (Å²) in [5.41, 5.74) is 7.60. The molecule has 140 valence electrons. The maximum absolute atomic E-state index is 6.43. The third-order valence-electron chi connectivity index (χ3n) is 6.15. The average molecular weight is 382 g/mol. The highest BCUT2D eigenvalue weighted by molar-refractivity contribution is 7.99. The Kier molecular flexibility index (Phi) is 4.24. The van der Waals surface area contributed by atoms with Crippen LogP contribution in [0.1, 0.15) is 32.1 Å². The van der Waals surface area contributed by atoms with Gasteiger partial charge >= 0.3 is 0 Å². The highest BCUT2D eigenvalue weighted by Crippen LogP contribution is 2.46. The van der Waals surface area contributed by atoms with Crippen LogP contribution < -0.4 is 10.6 Å². The van der Waals surface area contributed by atoms with Gasteiger partial charge in [0, 0.05) is 31.5 Å². The van der Waals surface area contributed by atoms with Crippen LogP contribution in [0, 0.1) is 5.41 Å². The molecule has 1 spiro atoms. The summed E-state index contributed by atoms with van der Waals surface area (Å²) in [5, 5.41) is 9.39. The van der Waals surface area contributed by atoms with Crippen LogP contribution in [0.3, 0.4) is 0 Å². The topological polar surface area (TPSA) is 85.2 Å². The Balaban J connectivity index is 1.41. The minimum Gasteiger partial charge on any atom is -0.342 e. The molecule has 4 heterocycles. The first-order valence-corrected chi connectivity index (χ1v) is 10.3. The van der Waals surface area contributed by atoms with E-state index in [1.165, 1.54) is 19.3 Å². The first-order valence-electron chi connectivity index (χ1n) is 9.53. The smallest absolute Gasteiger partial charge is 0.212 e. The average Bonchev–Trinajstić information content (AvgIpc) is 3.32. The molecule has 0 aromatic carbocycles. The molecule has 3 aromatic rings. The number of anilines is 1. The molecule has 2 N–H and O–H groups in total. The Morgan fingerprint density at radius 2 is 2.04 bits per heavy atom. The zero-order valence-electron chi connectivity index (χ0n) is 15.2. The van der Waals surface area contributed by atoms with Gasteiger partial charge in [-0.25, -0.2) is 14.4 Å². The van der Waals surface area contributed by atoms with E-state index in [1.54, 1.807) is 24.3 Å².